The molecular formula is C89H146O17P2. The first-order valence-electron chi connectivity index (χ1n) is 41.4. The molecule has 0 radical (unpaired) electrons. The first kappa shape index (κ1) is 102. The fourth-order valence-electron chi connectivity index (χ4n) is 10.3. The minimum Gasteiger partial charge on any atom is -0.462 e. The summed E-state index contributed by atoms with van der Waals surface area (Å²) in [7, 11) is -10.0. The molecule has 5 atom stereocenters. The summed E-state index contributed by atoms with van der Waals surface area (Å²) >= 11 is 0. The Morgan fingerprint density at radius 3 is 0.806 bits per heavy atom. The zero-order valence-corrected chi connectivity index (χ0v) is 69.0. The average Bonchev–Trinajstić information content (AvgIpc) is 0.914. The second-order valence-corrected chi connectivity index (χ2v) is 29.9. The molecule has 0 saturated heterocycles. The highest BCUT2D eigenvalue weighted by Crippen LogP contribution is 2.45. The maximum Gasteiger partial charge on any atom is 0.472 e. The Morgan fingerprint density at radius 2 is 0.500 bits per heavy atom. The van der Waals surface area contributed by atoms with Crippen LogP contribution in [0.3, 0.4) is 0 Å². The number of hydrogen-bond acceptors (Lipinski definition) is 15. The van der Waals surface area contributed by atoms with Crippen molar-refractivity contribution >= 4 is 39.5 Å². The number of allylic oxidation sites excluding steroid dienone is 28. The number of phosphoric acid groups is 2. The first-order valence-corrected chi connectivity index (χ1v) is 44.4. The molecule has 0 aromatic carbocycles. The molecule has 3 N–H and O–H groups in total. The Morgan fingerprint density at radius 1 is 0.269 bits per heavy atom. The van der Waals surface area contributed by atoms with Gasteiger partial charge in [0.25, 0.3) is 0 Å². The van der Waals surface area contributed by atoms with E-state index in [1.54, 1.807) is 0 Å². The number of rotatable bonds is 76. The number of aliphatic hydroxyl groups excluding tert-OH is 1. The van der Waals surface area contributed by atoms with Crippen molar-refractivity contribution in [1.82, 2.24) is 0 Å². The van der Waals surface area contributed by atoms with Gasteiger partial charge in [-0.1, -0.05) is 281 Å². The lowest BCUT2D eigenvalue weighted by atomic mass is 10.1. The molecule has 0 saturated carbocycles. The van der Waals surface area contributed by atoms with E-state index >= 15 is 0 Å². The van der Waals surface area contributed by atoms with Crippen molar-refractivity contribution in [3.05, 3.63) is 170 Å². The third-order valence-corrected chi connectivity index (χ3v) is 18.5. The highest BCUT2D eigenvalue weighted by molar-refractivity contribution is 7.47. The standard InChI is InChI=1S/C89H146O17P2/c1-5-9-13-17-21-25-29-33-37-39-41-43-47-50-54-58-62-66-70-74-87(92)100-80-84(105-88(93)75-71-67-63-59-55-51-46-36-32-28-24-20-16-12-8-4)81-103-107(95,96)101-77-83(90)78-102-108(97,98)104-82-85(79-99-86(91)73-69-65-61-57-53-49-45-35-31-27-23-19-15-11-7-3)106-89(94)76-72-68-64-60-56-52-48-44-42-40-38-34-30-26-22-18-14-10-6-2/h9,13,21-28,33-38,41-46,50,52,54,56,64,68,83-85,90H,5-8,10-12,14-20,29-32,39-40,47-49,51,53,55,57-63,65-67,69-82H2,1-4H3,(H,95,96)(H,97,98)/b13-9-,25-21-,26-22-,27-23-,28-24-,37-33-,38-34-,43-41-,44-42-,45-35-,46-36-,54-50-,56-52-,68-64-/t83-,84-,85-/m1/s1. The average molecular weight is 1550 g/mol. The predicted octanol–water partition coefficient (Wildman–Crippen LogP) is 24.6. The van der Waals surface area contributed by atoms with Crippen molar-refractivity contribution in [2.24, 2.45) is 0 Å². The third kappa shape index (κ3) is 78.5. The predicted molar refractivity (Wildman–Crippen MR) is 445 cm³/mol. The van der Waals surface area contributed by atoms with Gasteiger partial charge < -0.3 is 33.8 Å². The molecule has 0 aromatic heterocycles. The van der Waals surface area contributed by atoms with Crippen molar-refractivity contribution < 1.29 is 80.2 Å². The molecule has 0 aliphatic heterocycles. The highest BCUT2D eigenvalue weighted by Gasteiger charge is 2.30. The summed E-state index contributed by atoms with van der Waals surface area (Å²) in [4.78, 5) is 73.1. The lowest BCUT2D eigenvalue weighted by Crippen LogP contribution is -2.30. The normalized spacial score (nSPS) is 14.7. The van der Waals surface area contributed by atoms with Gasteiger partial charge in [-0.3, -0.25) is 37.3 Å². The zero-order valence-electron chi connectivity index (χ0n) is 67.2. The zero-order chi connectivity index (χ0) is 78.9. The van der Waals surface area contributed by atoms with Gasteiger partial charge in [0, 0.05) is 25.7 Å². The fraction of sp³-hybridized carbons (Fsp3) is 0.640. The van der Waals surface area contributed by atoms with Crippen molar-refractivity contribution in [2.45, 2.75) is 329 Å². The first-order chi connectivity index (χ1) is 52.7. The minimum absolute atomic E-state index is 0.0377. The topological polar surface area (TPSA) is 237 Å². The molecule has 0 aliphatic carbocycles. The van der Waals surface area contributed by atoms with Gasteiger partial charge in [0.1, 0.15) is 19.3 Å². The monoisotopic (exact) mass is 1550 g/mol. The van der Waals surface area contributed by atoms with E-state index in [1.807, 2.05) is 18.2 Å². The van der Waals surface area contributed by atoms with Crippen LogP contribution < -0.4 is 0 Å². The van der Waals surface area contributed by atoms with E-state index in [-0.39, 0.29) is 25.7 Å². The van der Waals surface area contributed by atoms with Crippen molar-refractivity contribution in [1.29, 1.82) is 0 Å². The van der Waals surface area contributed by atoms with E-state index in [2.05, 4.69) is 180 Å². The van der Waals surface area contributed by atoms with E-state index in [4.69, 9.17) is 37.0 Å². The van der Waals surface area contributed by atoms with Crippen LogP contribution in [-0.2, 0) is 65.4 Å². The summed E-state index contributed by atoms with van der Waals surface area (Å²) in [5, 5.41) is 10.7. The quantitative estimate of drug-likeness (QED) is 0.0169. The molecule has 17 nitrogen and oxygen atoms in total. The number of carbonyl (C=O) groups excluding carboxylic acids is 4. The molecule has 0 bridgehead atoms. The van der Waals surface area contributed by atoms with Crippen LogP contribution in [0.25, 0.3) is 0 Å². The number of hydrogen-bond donors (Lipinski definition) is 3. The molecule has 0 aliphatic rings. The summed E-state index contributed by atoms with van der Waals surface area (Å²) < 4.78 is 68.6. The molecule has 0 amide bonds. The van der Waals surface area contributed by atoms with Crippen LogP contribution in [0, 0.1) is 0 Å². The van der Waals surface area contributed by atoms with E-state index in [0.29, 0.717) is 32.1 Å². The smallest absolute Gasteiger partial charge is 0.462 e. The second-order valence-electron chi connectivity index (χ2n) is 27.0. The van der Waals surface area contributed by atoms with Gasteiger partial charge in [-0.05, 0) is 173 Å². The van der Waals surface area contributed by atoms with Crippen LogP contribution in [-0.4, -0.2) is 96.7 Å². The maximum absolute atomic E-state index is 13.1. The van der Waals surface area contributed by atoms with Gasteiger partial charge in [-0.2, -0.15) is 0 Å². The Bertz CT molecular complexity index is 2710. The van der Waals surface area contributed by atoms with Crippen LogP contribution in [0.5, 0.6) is 0 Å². The maximum atomic E-state index is 13.1. The lowest BCUT2D eigenvalue weighted by molar-refractivity contribution is -0.161. The van der Waals surface area contributed by atoms with Crippen LogP contribution >= 0.6 is 15.6 Å². The van der Waals surface area contributed by atoms with Gasteiger partial charge in [-0.25, -0.2) is 9.13 Å². The number of ether oxygens (including phenoxy) is 4. The molecule has 614 valence electrons. The molecular weight excluding hydrogens is 1400 g/mol. The van der Waals surface area contributed by atoms with Gasteiger partial charge in [0.05, 0.1) is 26.4 Å². The molecule has 0 rings (SSSR count). The van der Waals surface area contributed by atoms with Crippen LogP contribution in [0.1, 0.15) is 310 Å². The Labute approximate surface area is 654 Å². The Hall–Kier alpha value is -5.58. The number of carbonyl (C=O) groups is 4. The summed E-state index contributed by atoms with van der Waals surface area (Å²) in [6.45, 7) is 4.52. The van der Waals surface area contributed by atoms with Crippen LogP contribution in [0.15, 0.2) is 170 Å². The highest BCUT2D eigenvalue weighted by atomic mass is 31.2. The Balaban J connectivity index is 5.51. The molecule has 108 heavy (non-hydrogen) atoms. The van der Waals surface area contributed by atoms with Gasteiger partial charge >= 0.3 is 39.5 Å². The van der Waals surface area contributed by atoms with E-state index in [9.17, 15) is 43.2 Å². The fourth-order valence-corrected chi connectivity index (χ4v) is 11.9. The van der Waals surface area contributed by atoms with Gasteiger partial charge in [0.15, 0.2) is 12.2 Å². The van der Waals surface area contributed by atoms with E-state index in [1.165, 1.54) is 57.8 Å². The molecule has 2 unspecified atom stereocenters. The molecule has 19 heteroatoms. The summed E-state index contributed by atoms with van der Waals surface area (Å²) in [5.74, 6) is -2.35. The summed E-state index contributed by atoms with van der Waals surface area (Å²) in [5.41, 5.74) is 0. The van der Waals surface area contributed by atoms with Gasteiger partial charge in [-0.15, -0.1) is 0 Å². The third-order valence-electron chi connectivity index (χ3n) is 16.6. The summed E-state index contributed by atoms with van der Waals surface area (Å²) in [6, 6.07) is 0. The van der Waals surface area contributed by atoms with E-state index < -0.39 is 97.5 Å². The lowest BCUT2D eigenvalue weighted by Gasteiger charge is -2.21. The number of unbranched alkanes of at least 4 members (excludes halogenated alkanes) is 22. The minimum atomic E-state index is -5.01. The summed E-state index contributed by atoms with van der Waals surface area (Å²) in [6.07, 6.45) is 94.8. The van der Waals surface area contributed by atoms with Crippen LogP contribution in [0.2, 0.25) is 0 Å². The van der Waals surface area contributed by atoms with Gasteiger partial charge in [0.2, 0.25) is 0 Å². The number of phosphoric ester groups is 2. The second kappa shape index (κ2) is 79.5. The molecule has 0 aromatic rings. The molecule has 0 spiro atoms. The largest absolute Gasteiger partial charge is 0.472 e. The SMILES string of the molecule is CC/C=C\C/C=C\C/C=C\C/C=C\C/C=C\CCCCCC(=O)OC[C@H](COP(=O)(O)OC[C@@H](O)COP(=O)(O)OC[C@@H](COC(=O)CCCCCCC/C=C\C/C=C\CCCCC)OC(=O)CC/C=C\C/C=C\C/C=C\C/C=C\C/C=C\CCCCC)OC(=O)CCCCCCC/C=C\C/C=C\CCCCC. The van der Waals surface area contributed by atoms with Crippen LogP contribution in [0.4, 0.5) is 0 Å². The Kier molecular flexibility index (Phi) is 75.4. The van der Waals surface area contributed by atoms with Crippen molar-refractivity contribution in [2.75, 3.05) is 39.6 Å². The number of esters is 4. The van der Waals surface area contributed by atoms with Crippen molar-refractivity contribution in [3.63, 3.8) is 0 Å². The molecule has 0 heterocycles. The van der Waals surface area contributed by atoms with E-state index in [0.717, 1.165) is 167 Å². The number of aliphatic hydroxyl groups is 1. The van der Waals surface area contributed by atoms with Crippen molar-refractivity contribution in [3.8, 4) is 0 Å². The molecule has 0 fully saturated rings.